The Morgan fingerprint density at radius 2 is 0.941 bits per heavy atom. The minimum atomic E-state index is -0.673. The van der Waals surface area contributed by atoms with E-state index in [0.29, 0.717) is 94.2 Å². The maximum absolute atomic E-state index is 12.7. The van der Waals surface area contributed by atoms with Gasteiger partial charge in [0.05, 0.1) is 74.4 Å². The smallest absolute Gasteiger partial charge is 0.412 e. The Hall–Kier alpha value is -7.07. The zero-order valence-electron chi connectivity index (χ0n) is 41.4. The van der Waals surface area contributed by atoms with Crippen molar-refractivity contribution in [3.63, 3.8) is 0 Å². The number of anilines is 2. The highest BCUT2D eigenvalue weighted by molar-refractivity contribution is 6.03. The summed E-state index contributed by atoms with van der Waals surface area (Å²) in [5.74, 6) is 3.98. The van der Waals surface area contributed by atoms with Crippen LogP contribution in [0.3, 0.4) is 0 Å². The van der Waals surface area contributed by atoms with E-state index in [-0.39, 0.29) is 5.78 Å². The third-order valence-corrected chi connectivity index (χ3v) is 10.7. The van der Waals surface area contributed by atoms with Gasteiger partial charge in [0.1, 0.15) is 22.7 Å². The number of aliphatic hydroxyl groups excluding tert-OH is 1. The van der Waals surface area contributed by atoms with Crippen LogP contribution < -0.4 is 48.5 Å². The summed E-state index contributed by atoms with van der Waals surface area (Å²) in [6.45, 7) is 10.7. The molecular weight excluding hydrogens is 877 g/mol. The number of nitrogens with one attached hydrogen (secondary N) is 2. The lowest BCUT2D eigenvalue weighted by Gasteiger charge is -2.22. The minimum Gasteiger partial charge on any atom is -0.495 e. The molecule has 0 aromatic heterocycles. The number of fused-ring (bicyclic) bond motifs is 2. The van der Waals surface area contributed by atoms with E-state index in [1.54, 1.807) is 121 Å². The van der Waals surface area contributed by atoms with Gasteiger partial charge in [-0.3, -0.25) is 15.4 Å². The van der Waals surface area contributed by atoms with Crippen molar-refractivity contribution in [3.8, 4) is 46.0 Å². The highest BCUT2D eigenvalue weighted by atomic mass is 16.6. The van der Waals surface area contributed by atoms with Crippen LogP contribution >= 0.6 is 0 Å². The fourth-order valence-corrected chi connectivity index (χ4v) is 7.89. The van der Waals surface area contributed by atoms with Gasteiger partial charge in [-0.1, -0.05) is 12.1 Å². The molecule has 4 aromatic rings. The van der Waals surface area contributed by atoms with Gasteiger partial charge in [-0.05, 0) is 143 Å². The third kappa shape index (κ3) is 12.3. The SMILES string of the molecule is COc1ccc(C2=CC(=O)CCc3c2cc(OC)c(OC)c3OC)cc1NC(=O)OC(C)(C)C.COc1ccc(C2=CC(O)CCc3c2cc(OC)c(OC)c3OC)cc1NC(=O)OC(C)(C)C. The van der Waals surface area contributed by atoms with Gasteiger partial charge in [-0.25, -0.2) is 9.59 Å². The third-order valence-electron chi connectivity index (χ3n) is 10.7. The summed E-state index contributed by atoms with van der Waals surface area (Å²) < 4.78 is 55.2. The van der Waals surface area contributed by atoms with E-state index in [0.717, 1.165) is 33.4 Å². The van der Waals surface area contributed by atoms with Crippen LogP contribution in [0.5, 0.6) is 46.0 Å². The zero-order valence-corrected chi connectivity index (χ0v) is 41.4. The Kier molecular flexibility index (Phi) is 16.9. The fourth-order valence-electron chi connectivity index (χ4n) is 7.89. The molecule has 0 heterocycles. The van der Waals surface area contributed by atoms with E-state index < -0.39 is 29.5 Å². The number of carbonyl (C=O) groups excluding carboxylic acids is 3. The Labute approximate surface area is 398 Å². The van der Waals surface area contributed by atoms with Gasteiger partial charge >= 0.3 is 12.2 Å². The van der Waals surface area contributed by atoms with Crippen molar-refractivity contribution < 1.29 is 66.9 Å². The van der Waals surface area contributed by atoms with E-state index in [9.17, 15) is 19.5 Å². The Morgan fingerprint density at radius 1 is 0.529 bits per heavy atom. The number of hydrogen-bond donors (Lipinski definition) is 3. The largest absolute Gasteiger partial charge is 0.495 e. The molecule has 0 radical (unpaired) electrons. The Balaban J connectivity index is 0.000000254. The second-order valence-corrected chi connectivity index (χ2v) is 17.6. The summed E-state index contributed by atoms with van der Waals surface area (Å²) in [7, 11) is 12.4. The Morgan fingerprint density at radius 3 is 1.35 bits per heavy atom. The van der Waals surface area contributed by atoms with Crippen LogP contribution in [0.4, 0.5) is 21.0 Å². The van der Waals surface area contributed by atoms with Crippen molar-refractivity contribution in [2.75, 3.05) is 67.5 Å². The second-order valence-electron chi connectivity index (χ2n) is 17.6. The molecular formula is C52H64N2O14. The number of benzene rings is 4. The maximum Gasteiger partial charge on any atom is 0.412 e. The number of aliphatic hydroxyl groups is 1. The first-order valence-corrected chi connectivity index (χ1v) is 21.9. The minimum absolute atomic E-state index is 0.0244. The molecule has 1 atom stereocenters. The molecule has 0 saturated heterocycles. The monoisotopic (exact) mass is 940 g/mol. The van der Waals surface area contributed by atoms with Crippen LogP contribution in [0.1, 0.15) is 87.8 Å². The molecule has 16 heteroatoms. The molecule has 6 rings (SSSR count). The van der Waals surface area contributed by atoms with Crippen LogP contribution in [0, 0.1) is 0 Å². The highest BCUT2D eigenvalue weighted by Gasteiger charge is 2.29. The number of ketones is 1. The molecule has 366 valence electrons. The number of carbonyl (C=O) groups is 3. The molecule has 68 heavy (non-hydrogen) atoms. The number of amides is 2. The lowest BCUT2D eigenvalue weighted by molar-refractivity contribution is -0.114. The molecule has 0 saturated carbocycles. The van der Waals surface area contributed by atoms with Crippen LogP contribution in [0.2, 0.25) is 0 Å². The summed E-state index contributed by atoms with van der Waals surface area (Å²) in [5.41, 5.74) is 5.86. The summed E-state index contributed by atoms with van der Waals surface area (Å²) in [5, 5.41) is 16.2. The predicted molar refractivity (Wildman–Crippen MR) is 260 cm³/mol. The van der Waals surface area contributed by atoms with Crippen molar-refractivity contribution in [2.24, 2.45) is 0 Å². The summed E-state index contributed by atoms with van der Waals surface area (Å²) in [6, 6.07) is 14.5. The van der Waals surface area contributed by atoms with Gasteiger partial charge in [0, 0.05) is 17.5 Å². The number of rotatable bonds is 12. The van der Waals surface area contributed by atoms with Gasteiger partial charge in [0.2, 0.25) is 11.5 Å². The lowest BCUT2D eigenvalue weighted by Crippen LogP contribution is -2.27. The average Bonchev–Trinajstić information content (AvgIpc) is 3.56. The molecule has 2 aliphatic rings. The van der Waals surface area contributed by atoms with Crippen LogP contribution in [-0.4, -0.2) is 97.3 Å². The van der Waals surface area contributed by atoms with Crippen LogP contribution in [0.15, 0.2) is 60.7 Å². The van der Waals surface area contributed by atoms with Crippen molar-refractivity contribution in [1.82, 2.24) is 0 Å². The molecule has 1 unspecified atom stereocenters. The molecule has 0 spiro atoms. The first-order valence-electron chi connectivity index (χ1n) is 21.9. The van der Waals surface area contributed by atoms with Crippen LogP contribution in [0.25, 0.3) is 11.1 Å². The van der Waals surface area contributed by atoms with Crippen molar-refractivity contribution in [3.05, 3.63) is 94.1 Å². The van der Waals surface area contributed by atoms with Gasteiger partial charge < -0.3 is 52.5 Å². The van der Waals surface area contributed by atoms with Crippen LogP contribution in [-0.2, 0) is 27.1 Å². The van der Waals surface area contributed by atoms with Crippen molar-refractivity contribution in [2.45, 2.75) is 84.5 Å². The number of hydrogen-bond acceptors (Lipinski definition) is 14. The fraction of sp³-hybridized carbons (Fsp3) is 0.404. The number of allylic oxidation sites excluding steroid dienone is 1. The topological polar surface area (TPSA) is 188 Å². The first-order chi connectivity index (χ1) is 32.2. The molecule has 0 fully saturated rings. The molecule has 2 aliphatic carbocycles. The second kappa shape index (κ2) is 22.2. The highest BCUT2D eigenvalue weighted by Crippen LogP contribution is 2.49. The average molecular weight is 941 g/mol. The van der Waals surface area contributed by atoms with E-state index >= 15 is 0 Å². The lowest BCUT2D eigenvalue weighted by atomic mass is 9.92. The van der Waals surface area contributed by atoms with Gasteiger partial charge in [0.25, 0.3) is 0 Å². The zero-order chi connectivity index (χ0) is 50.1. The summed E-state index contributed by atoms with van der Waals surface area (Å²) in [6.07, 6.45) is 3.44. The molecule has 0 bridgehead atoms. The number of ether oxygens (including phenoxy) is 10. The predicted octanol–water partition coefficient (Wildman–Crippen LogP) is 9.82. The molecule has 3 N–H and O–H groups in total. The quantitative estimate of drug-likeness (QED) is 0.122. The Bertz CT molecular complexity index is 2570. The van der Waals surface area contributed by atoms with E-state index in [4.69, 9.17) is 47.4 Å². The summed E-state index contributed by atoms with van der Waals surface area (Å²) >= 11 is 0. The molecule has 0 aliphatic heterocycles. The van der Waals surface area contributed by atoms with E-state index in [1.165, 1.54) is 14.2 Å². The van der Waals surface area contributed by atoms with Gasteiger partial charge in [0.15, 0.2) is 28.8 Å². The molecule has 2 amide bonds. The standard InChI is InChI=1S/C26H33NO7.C26H31NO7/c2*1-26(2,3)34-25(29)27-20-12-15(8-11-21(20)30-4)18-13-16(28)9-10-17-19(18)14-22(31-5)24(33-7)23(17)32-6/h8,11-14,16,28H,9-10H2,1-7H3,(H,27,29);8,11-14H,9-10H2,1-7H3,(H,27,29). The van der Waals surface area contributed by atoms with E-state index in [1.807, 2.05) is 24.3 Å². The van der Waals surface area contributed by atoms with Gasteiger partial charge in [-0.2, -0.15) is 0 Å². The molecule has 4 aromatic carbocycles. The number of methoxy groups -OCH3 is 8. The summed E-state index contributed by atoms with van der Waals surface area (Å²) in [4.78, 5) is 37.6. The van der Waals surface area contributed by atoms with Gasteiger partial charge in [-0.15, -0.1) is 0 Å². The van der Waals surface area contributed by atoms with E-state index in [2.05, 4.69) is 10.6 Å². The maximum atomic E-state index is 12.7. The van der Waals surface area contributed by atoms with Crippen molar-refractivity contribution in [1.29, 1.82) is 0 Å². The first kappa shape index (κ1) is 51.9. The normalized spacial score (nSPS) is 14.3. The molecule has 16 nitrogen and oxygen atoms in total. The van der Waals surface area contributed by atoms with Crippen molar-refractivity contribution >= 4 is 40.5 Å².